The quantitative estimate of drug-likeness (QED) is 0.490. The number of nitrogen functional groups attached to an aromatic ring is 1. The molecule has 0 bridgehead atoms. The summed E-state index contributed by atoms with van der Waals surface area (Å²) in [4.78, 5) is 12.0. The van der Waals surface area contributed by atoms with Gasteiger partial charge in [-0.3, -0.25) is 5.43 Å². The average molecular weight is 261 g/mol. The first-order valence-electron chi connectivity index (χ1n) is 3.73. The lowest BCUT2D eigenvalue weighted by molar-refractivity contribution is 1.03. The fourth-order valence-electron chi connectivity index (χ4n) is 0.783. The number of halogens is 1. The summed E-state index contributed by atoms with van der Waals surface area (Å²) in [6.07, 6.45) is 2.96. The third-order valence-corrected chi connectivity index (χ3v) is 3.47. The molecule has 0 aliphatic rings. The molecule has 0 spiro atoms. The molecule has 2 aromatic rings. The van der Waals surface area contributed by atoms with E-state index >= 15 is 0 Å². The fourth-order valence-corrected chi connectivity index (χ4v) is 2.33. The summed E-state index contributed by atoms with van der Waals surface area (Å²) >= 11 is 8.50. The Balaban J connectivity index is 2.27. The standard InChI is InChI=1S/C6H5ClN6S2/c7-3-1-9-5(13-8)12-4(3)14-6-10-2-11-15-6/h1-2H,8H2,(H,9,12,13). The normalized spacial score (nSPS) is 10.3. The van der Waals surface area contributed by atoms with Crippen LogP contribution in [0.3, 0.4) is 0 Å². The summed E-state index contributed by atoms with van der Waals surface area (Å²) < 4.78 is 4.64. The highest BCUT2D eigenvalue weighted by molar-refractivity contribution is 8.01. The largest absolute Gasteiger partial charge is 0.292 e. The molecule has 2 aromatic heterocycles. The van der Waals surface area contributed by atoms with E-state index in [1.807, 2.05) is 0 Å². The van der Waals surface area contributed by atoms with Gasteiger partial charge in [0.25, 0.3) is 0 Å². The minimum Gasteiger partial charge on any atom is -0.292 e. The number of nitrogens with two attached hydrogens (primary N) is 1. The Morgan fingerprint density at radius 3 is 3.00 bits per heavy atom. The van der Waals surface area contributed by atoms with E-state index in [1.54, 1.807) is 0 Å². The Morgan fingerprint density at radius 1 is 1.47 bits per heavy atom. The average Bonchev–Trinajstić information content (AvgIpc) is 2.74. The van der Waals surface area contributed by atoms with Gasteiger partial charge in [-0.25, -0.2) is 20.8 Å². The fraction of sp³-hybridized carbons (Fsp3) is 0. The monoisotopic (exact) mass is 260 g/mol. The summed E-state index contributed by atoms with van der Waals surface area (Å²) in [5.41, 5.74) is 2.35. The first-order chi connectivity index (χ1) is 7.29. The minimum absolute atomic E-state index is 0.311. The maximum absolute atomic E-state index is 5.91. The highest BCUT2D eigenvalue weighted by atomic mass is 35.5. The zero-order valence-electron chi connectivity index (χ0n) is 7.22. The second kappa shape index (κ2) is 4.71. The molecule has 0 radical (unpaired) electrons. The van der Waals surface area contributed by atoms with Crippen LogP contribution in [0.4, 0.5) is 5.95 Å². The summed E-state index contributed by atoms with van der Waals surface area (Å²) in [5, 5.41) is 1.05. The van der Waals surface area contributed by atoms with Crippen molar-refractivity contribution in [3.63, 3.8) is 0 Å². The molecule has 6 nitrogen and oxygen atoms in total. The molecular weight excluding hydrogens is 256 g/mol. The Kier molecular flexibility index (Phi) is 3.31. The van der Waals surface area contributed by atoms with Crippen molar-refractivity contribution < 1.29 is 0 Å². The van der Waals surface area contributed by atoms with Crippen molar-refractivity contribution in [2.75, 3.05) is 5.43 Å². The van der Waals surface area contributed by atoms with Crippen LogP contribution >= 0.6 is 34.9 Å². The molecule has 2 rings (SSSR count). The van der Waals surface area contributed by atoms with Crippen LogP contribution in [0.2, 0.25) is 5.02 Å². The second-order valence-corrected chi connectivity index (χ2v) is 4.72. The highest BCUT2D eigenvalue weighted by Crippen LogP contribution is 2.31. The molecule has 0 aliphatic carbocycles. The first-order valence-corrected chi connectivity index (χ1v) is 5.70. The van der Waals surface area contributed by atoms with E-state index in [0.717, 1.165) is 4.34 Å². The third kappa shape index (κ3) is 2.53. The van der Waals surface area contributed by atoms with Crippen molar-refractivity contribution in [3.8, 4) is 0 Å². The SMILES string of the molecule is NNc1ncc(Cl)c(Sc2ncns2)n1. The second-order valence-electron chi connectivity index (χ2n) is 2.30. The zero-order valence-corrected chi connectivity index (χ0v) is 9.60. The van der Waals surface area contributed by atoms with Gasteiger partial charge in [0.05, 0.1) is 11.2 Å². The molecule has 3 N–H and O–H groups in total. The van der Waals surface area contributed by atoms with Gasteiger partial charge in [-0.15, -0.1) is 0 Å². The third-order valence-electron chi connectivity index (χ3n) is 1.37. The summed E-state index contributed by atoms with van der Waals surface area (Å²) in [5.74, 6) is 5.50. The van der Waals surface area contributed by atoms with Crippen molar-refractivity contribution >= 4 is 40.8 Å². The Bertz CT molecular complexity index is 447. The number of aromatic nitrogens is 4. The molecular formula is C6H5ClN6S2. The number of hydrazine groups is 1. The van der Waals surface area contributed by atoms with Crippen LogP contribution in [0, 0.1) is 0 Å². The summed E-state index contributed by atoms with van der Waals surface area (Å²) in [6, 6.07) is 0. The number of rotatable bonds is 3. The minimum atomic E-state index is 0.311. The maximum Gasteiger partial charge on any atom is 0.238 e. The van der Waals surface area contributed by atoms with Gasteiger partial charge in [-0.1, -0.05) is 11.6 Å². The zero-order chi connectivity index (χ0) is 10.7. The van der Waals surface area contributed by atoms with Crippen LogP contribution in [0.15, 0.2) is 21.9 Å². The van der Waals surface area contributed by atoms with Gasteiger partial charge in [0.2, 0.25) is 5.95 Å². The predicted molar refractivity (Wildman–Crippen MR) is 58.9 cm³/mol. The van der Waals surface area contributed by atoms with Gasteiger partial charge in [0, 0.05) is 0 Å². The van der Waals surface area contributed by atoms with E-state index in [2.05, 4.69) is 24.8 Å². The first kappa shape index (κ1) is 10.6. The van der Waals surface area contributed by atoms with Gasteiger partial charge in [-0.05, 0) is 23.3 Å². The lowest BCUT2D eigenvalue weighted by Gasteiger charge is -2.02. The molecule has 0 fully saturated rings. The number of hydrogen-bond acceptors (Lipinski definition) is 8. The lowest BCUT2D eigenvalue weighted by atomic mass is 10.7. The predicted octanol–water partition coefficient (Wildman–Crippen LogP) is 1.42. The van der Waals surface area contributed by atoms with E-state index in [1.165, 1.54) is 35.8 Å². The molecule has 0 saturated heterocycles. The Labute approximate surface area is 98.4 Å². The van der Waals surface area contributed by atoms with E-state index in [0.29, 0.717) is 16.0 Å². The molecule has 0 amide bonds. The van der Waals surface area contributed by atoms with Crippen LogP contribution in [-0.2, 0) is 0 Å². The molecule has 0 saturated carbocycles. The van der Waals surface area contributed by atoms with Crippen molar-refractivity contribution in [3.05, 3.63) is 17.5 Å². The van der Waals surface area contributed by atoms with Gasteiger partial charge in [0.1, 0.15) is 11.4 Å². The lowest BCUT2D eigenvalue weighted by Crippen LogP contribution is -2.10. The van der Waals surface area contributed by atoms with Crippen LogP contribution in [0.25, 0.3) is 0 Å². The van der Waals surface area contributed by atoms with Gasteiger partial charge < -0.3 is 0 Å². The molecule has 0 unspecified atom stereocenters. The number of anilines is 1. The van der Waals surface area contributed by atoms with Gasteiger partial charge in [0.15, 0.2) is 4.34 Å². The summed E-state index contributed by atoms with van der Waals surface area (Å²) in [7, 11) is 0. The molecule has 0 atom stereocenters. The number of hydrogen-bond donors (Lipinski definition) is 2. The molecule has 2 heterocycles. The van der Waals surface area contributed by atoms with Crippen LogP contribution in [0.1, 0.15) is 0 Å². The molecule has 0 aromatic carbocycles. The molecule has 9 heteroatoms. The number of nitrogens with one attached hydrogen (secondary N) is 1. The van der Waals surface area contributed by atoms with Crippen molar-refractivity contribution in [1.29, 1.82) is 0 Å². The van der Waals surface area contributed by atoms with Crippen molar-refractivity contribution in [2.24, 2.45) is 5.84 Å². The maximum atomic E-state index is 5.91. The van der Waals surface area contributed by atoms with Crippen molar-refractivity contribution in [1.82, 2.24) is 19.3 Å². The molecule has 78 valence electrons. The van der Waals surface area contributed by atoms with E-state index < -0.39 is 0 Å². The van der Waals surface area contributed by atoms with Crippen molar-refractivity contribution in [2.45, 2.75) is 9.37 Å². The number of nitrogens with zero attached hydrogens (tertiary/aromatic N) is 4. The Morgan fingerprint density at radius 2 is 2.33 bits per heavy atom. The molecule has 0 aliphatic heterocycles. The smallest absolute Gasteiger partial charge is 0.238 e. The van der Waals surface area contributed by atoms with E-state index in [4.69, 9.17) is 17.4 Å². The molecule has 15 heavy (non-hydrogen) atoms. The van der Waals surface area contributed by atoms with E-state index in [-0.39, 0.29) is 0 Å². The highest BCUT2D eigenvalue weighted by Gasteiger charge is 2.08. The van der Waals surface area contributed by atoms with Crippen LogP contribution in [0.5, 0.6) is 0 Å². The van der Waals surface area contributed by atoms with Crippen LogP contribution in [-0.4, -0.2) is 19.3 Å². The van der Waals surface area contributed by atoms with Gasteiger partial charge in [-0.2, -0.15) is 4.37 Å². The topological polar surface area (TPSA) is 89.6 Å². The summed E-state index contributed by atoms with van der Waals surface area (Å²) in [6.45, 7) is 0. The van der Waals surface area contributed by atoms with Gasteiger partial charge >= 0.3 is 0 Å². The Hall–Kier alpha value is -0.960. The van der Waals surface area contributed by atoms with Crippen LogP contribution < -0.4 is 11.3 Å². The van der Waals surface area contributed by atoms with E-state index in [9.17, 15) is 0 Å².